The number of halogens is 4. The molecule has 0 radical (unpaired) electrons. The van der Waals surface area contributed by atoms with Crippen LogP contribution in [0.3, 0.4) is 0 Å². The average molecular weight is 603 g/mol. The van der Waals surface area contributed by atoms with Crippen molar-refractivity contribution in [2.24, 2.45) is 17.8 Å². The van der Waals surface area contributed by atoms with Gasteiger partial charge in [0.2, 0.25) is 0 Å². The van der Waals surface area contributed by atoms with Crippen LogP contribution in [-0.2, 0) is 28.0 Å². The first-order chi connectivity index (χ1) is 18.3. The summed E-state index contributed by atoms with van der Waals surface area (Å²) in [6.45, 7) is 0. The maximum Gasteiger partial charge on any atom is 0.396 e. The number of hydrogen-bond acceptors (Lipinski definition) is 5. The zero-order valence-electron chi connectivity index (χ0n) is 20.5. The standard InChI is InChI=1S/C18H15O2S2.C9H12F4O3S/c19-21(20)22(16-10-4-1-5-11-16,17-12-6-2-7-13-17)18-14-8-3-9-15-18;10-8(11,9(12,13)17(14,15)16)7-4-5-1-2-6(7)3-5/h1-15H;5-7H,1-4H2,(H,14,15,16)/q+1;/p-1. The molecule has 0 N–H and O–H groups in total. The summed E-state index contributed by atoms with van der Waals surface area (Å²) in [5.41, 5.74) is 0. The molecule has 2 fully saturated rings. The Bertz CT molecular complexity index is 1450. The molecule has 2 aliphatic carbocycles. The van der Waals surface area contributed by atoms with Gasteiger partial charge < -0.3 is 4.55 Å². The summed E-state index contributed by atoms with van der Waals surface area (Å²) in [5.74, 6) is -7.10. The van der Waals surface area contributed by atoms with Gasteiger partial charge in [0.25, 0.3) is 0 Å². The molecule has 2 bridgehead atoms. The summed E-state index contributed by atoms with van der Waals surface area (Å²) < 4.78 is 109. The minimum Gasteiger partial charge on any atom is -0.743 e. The fraction of sp³-hybridized carbons (Fsp3) is 0.333. The lowest BCUT2D eigenvalue weighted by atomic mass is 9.84. The van der Waals surface area contributed by atoms with E-state index in [0.29, 0.717) is 19.3 Å². The molecule has 0 spiro atoms. The van der Waals surface area contributed by atoms with Crippen LogP contribution in [-0.4, -0.2) is 32.6 Å². The van der Waals surface area contributed by atoms with E-state index >= 15 is 0 Å². The first-order valence-corrected chi connectivity index (χ1v) is 16.8. The van der Waals surface area contributed by atoms with E-state index in [9.17, 15) is 39.0 Å². The number of rotatable bonds is 6. The van der Waals surface area contributed by atoms with Gasteiger partial charge in [-0.3, -0.25) is 0 Å². The van der Waals surface area contributed by atoms with E-state index in [1.807, 2.05) is 91.0 Å². The van der Waals surface area contributed by atoms with Crippen molar-refractivity contribution in [1.82, 2.24) is 0 Å². The molecular weight excluding hydrogens is 576 g/mol. The van der Waals surface area contributed by atoms with Crippen molar-refractivity contribution in [3.05, 3.63) is 91.0 Å². The molecule has 3 aromatic rings. The first-order valence-electron chi connectivity index (χ1n) is 12.1. The Kier molecular flexibility index (Phi) is 8.42. The second-order valence-corrected chi connectivity index (χ2v) is 16.2. The van der Waals surface area contributed by atoms with Gasteiger partial charge in [-0.15, -0.1) is 8.42 Å². The minimum atomic E-state index is -6.35. The zero-order chi connectivity index (χ0) is 28.5. The van der Waals surface area contributed by atoms with Crippen molar-refractivity contribution in [2.75, 3.05) is 0 Å². The van der Waals surface area contributed by atoms with Crippen LogP contribution in [0.1, 0.15) is 25.7 Å². The van der Waals surface area contributed by atoms with E-state index in [0.717, 1.165) is 14.7 Å². The summed E-state index contributed by atoms with van der Waals surface area (Å²) in [4.78, 5) is 2.46. The van der Waals surface area contributed by atoms with Gasteiger partial charge in [-0.2, -0.15) is 17.6 Å². The van der Waals surface area contributed by atoms with Gasteiger partial charge in [0.15, 0.2) is 10.1 Å². The Morgan fingerprint density at radius 1 is 0.718 bits per heavy atom. The molecule has 3 aromatic carbocycles. The minimum absolute atomic E-state index is 0.0407. The molecule has 0 saturated heterocycles. The van der Waals surface area contributed by atoms with E-state index < -0.39 is 51.0 Å². The maximum atomic E-state index is 13.5. The summed E-state index contributed by atoms with van der Waals surface area (Å²) in [5, 5.41) is -5.52. The molecule has 0 amide bonds. The lowest BCUT2D eigenvalue weighted by Crippen LogP contribution is -2.52. The van der Waals surface area contributed by atoms with Crippen molar-refractivity contribution < 1.29 is 39.0 Å². The highest BCUT2D eigenvalue weighted by atomic mass is 32.9. The predicted molar refractivity (Wildman–Crippen MR) is 139 cm³/mol. The second kappa shape index (κ2) is 11.1. The molecule has 210 valence electrons. The van der Waals surface area contributed by atoms with Crippen molar-refractivity contribution in [3.63, 3.8) is 0 Å². The summed E-state index contributed by atoms with van der Waals surface area (Å²) in [7, 11) is -11.0. The summed E-state index contributed by atoms with van der Waals surface area (Å²) >= 11 is 0. The Morgan fingerprint density at radius 2 is 1.13 bits per heavy atom. The molecule has 0 aliphatic heterocycles. The van der Waals surface area contributed by atoms with Gasteiger partial charge in [0.05, 0.1) is 8.59 Å². The zero-order valence-corrected chi connectivity index (χ0v) is 22.9. The Hall–Kier alpha value is -2.54. The SMILES string of the molecule is O=S(=O)([O-])C(F)(F)C(F)(F)C1CC2CCC1C2.O=S(=O)=[S+](c1ccccc1)(c1ccccc1)c1ccccc1. The maximum absolute atomic E-state index is 13.5. The quantitative estimate of drug-likeness (QED) is 0.187. The molecule has 2 saturated carbocycles. The third kappa shape index (κ3) is 5.31. The Morgan fingerprint density at radius 3 is 1.41 bits per heavy atom. The molecule has 39 heavy (non-hydrogen) atoms. The van der Waals surface area contributed by atoms with Crippen LogP contribution in [0.2, 0.25) is 0 Å². The van der Waals surface area contributed by atoms with Crippen molar-refractivity contribution in [1.29, 1.82) is 0 Å². The lowest BCUT2D eigenvalue weighted by Gasteiger charge is -2.36. The van der Waals surface area contributed by atoms with Gasteiger partial charge in [0, 0.05) is 5.92 Å². The highest BCUT2D eigenvalue weighted by Crippen LogP contribution is 2.58. The topological polar surface area (TPSA) is 91.3 Å². The molecule has 5 nitrogen and oxygen atoms in total. The Labute approximate surface area is 226 Å². The van der Waals surface area contributed by atoms with Crippen LogP contribution in [0.5, 0.6) is 0 Å². The lowest BCUT2D eigenvalue weighted by molar-refractivity contribution is -0.202. The molecule has 5 rings (SSSR count). The fourth-order valence-corrected chi connectivity index (χ4v) is 11.4. The van der Waals surface area contributed by atoms with Crippen LogP contribution in [0.4, 0.5) is 17.6 Å². The highest BCUT2D eigenvalue weighted by Gasteiger charge is 2.68. The highest BCUT2D eigenvalue weighted by molar-refractivity contribution is 8.44. The van der Waals surface area contributed by atoms with Crippen molar-refractivity contribution >= 4 is 28.0 Å². The summed E-state index contributed by atoms with van der Waals surface area (Å²) in [6.07, 6.45) is 1.42. The van der Waals surface area contributed by atoms with E-state index in [4.69, 9.17) is 0 Å². The predicted octanol–water partition coefficient (Wildman–Crippen LogP) is 6.31. The number of alkyl halides is 4. The van der Waals surface area contributed by atoms with Gasteiger partial charge in [-0.25, -0.2) is 8.42 Å². The van der Waals surface area contributed by atoms with Crippen LogP contribution in [0.15, 0.2) is 106 Å². The molecule has 0 heterocycles. The first kappa shape index (κ1) is 29.4. The molecular formula is C27H26F4O5S3. The monoisotopic (exact) mass is 602 g/mol. The fourth-order valence-electron chi connectivity index (χ4n) is 5.55. The average Bonchev–Trinajstić information content (AvgIpc) is 3.55. The van der Waals surface area contributed by atoms with E-state index in [1.54, 1.807) is 0 Å². The van der Waals surface area contributed by atoms with E-state index in [2.05, 4.69) is 0 Å². The number of benzene rings is 3. The third-order valence-corrected chi connectivity index (χ3v) is 14.4. The van der Waals surface area contributed by atoms with Crippen LogP contribution >= 0.6 is 0 Å². The van der Waals surface area contributed by atoms with Crippen molar-refractivity contribution in [2.45, 2.75) is 51.5 Å². The molecule has 12 heteroatoms. The Balaban J connectivity index is 0.000000187. The van der Waals surface area contributed by atoms with Crippen LogP contribution in [0, 0.1) is 17.8 Å². The number of hydrogen-bond donors (Lipinski definition) is 0. The van der Waals surface area contributed by atoms with Gasteiger partial charge >= 0.3 is 20.4 Å². The molecule has 0 aromatic heterocycles. The van der Waals surface area contributed by atoms with Crippen molar-refractivity contribution in [3.8, 4) is 0 Å². The van der Waals surface area contributed by atoms with E-state index in [-0.39, 0.29) is 12.3 Å². The molecule has 3 unspecified atom stereocenters. The molecule has 2 aliphatic rings. The van der Waals surface area contributed by atoms with Gasteiger partial charge in [-0.05, 0) is 67.5 Å². The largest absolute Gasteiger partial charge is 0.743 e. The smallest absolute Gasteiger partial charge is 0.396 e. The van der Waals surface area contributed by atoms with E-state index in [1.165, 1.54) is 0 Å². The third-order valence-electron chi connectivity index (χ3n) is 7.34. The molecule has 3 atom stereocenters. The normalized spacial score (nSPS) is 21.2. The van der Waals surface area contributed by atoms with Gasteiger partial charge in [0.1, 0.15) is 14.7 Å². The number of fused-ring (bicyclic) bond motifs is 2. The second-order valence-electron chi connectivity index (χ2n) is 9.57. The summed E-state index contributed by atoms with van der Waals surface area (Å²) in [6, 6.07) is 28.4. The van der Waals surface area contributed by atoms with Crippen LogP contribution in [0.25, 0.3) is 0 Å². The van der Waals surface area contributed by atoms with Crippen LogP contribution < -0.4 is 0 Å². The van der Waals surface area contributed by atoms with Gasteiger partial charge in [-0.1, -0.05) is 61.0 Å².